The van der Waals surface area contributed by atoms with E-state index in [9.17, 15) is 0 Å². The molecule has 0 N–H and O–H groups in total. The van der Waals surface area contributed by atoms with Crippen molar-refractivity contribution in [3.05, 3.63) is 35.2 Å². The molecule has 0 spiro atoms. The Balaban J connectivity index is 0.000000531. The molecule has 1 atom stereocenters. The van der Waals surface area contributed by atoms with E-state index in [1.807, 2.05) is 20.0 Å². The number of allylic oxidation sites excluding steroid dienone is 1. The number of aryl methyl sites for hydroxylation is 1. The number of fused-ring (bicyclic) bond motifs is 1. The zero-order valence-electron chi connectivity index (χ0n) is 10.2. The largest absolute Gasteiger partial charge is 0.261 e. The van der Waals surface area contributed by atoms with E-state index in [4.69, 9.17) is 0 Å². The van der Waals surface area contributed by atoms with Crippen molar-refractivity contribution in [2.24, 2.45) is 5.92 Å². The number of pyridine rings is 1. The molecule has 1 aliphatic carbocycles. The summed E-state index contributed by atoms with van der Waals surface area (Å²) in [5.74, 6) is 0.669. The van der Waals surface area contributed by atoms with Gasteiger partial charge in [0.15, 0.2) is 0 Å². The highest BCUT2D eigenvalue weighted by Gasteiger charge is 2.13. The second kappa shape index (κ2) is 5.69. The van der Waals surface area contributed by atoms with Crippen LogP contribution in [-0.2, 0) is 12.8 Å². The predicted molar refractivity (Wildman–Crippen MR) is 66.9 cm³/mol. The lowest BCUT2D eigenvalue weighted by Crippen LogP contribution is -2.07. The normalized spacial score (nSPS) is 17.7. The first-order valence-corrected chi connectivity index (χ1v) is 5.96. The van der Waals surface area contributed by atoms with Crippen LogP contribution < -0.4 is 0 Å². The van der Waals surface area contributed by atoms with Gasteiger partial charge in [0.1, 0.15) is 0 Å². The summed E-state index contributed by atoms with van der Waals surface area (Å²) in [4.78, 5) is 4.41. The summed E-state index contributed by atoms with van der Waals surface area (Å²) in [5, 5.41) is 0. The molecule has 1 aliphatic rings. The number of aromatic nitrogens is 1. The van der Waals surface area contributed by atoms with Crippen LogP contribution in [0.4, 0.5) is 0 Å². The van der Waals surface area contributed by atoms with E-state index < -0.39 is 0 Å². The molecule has 0 fully saturated rings. The predicted octanol–water partition coefficient (Wildman–Crippen LogP) is 3.88. The summed E-state index contributed by atoms with van der Waals surface area (Å²) in [5.41, 5.74) is 4.10. The number of hydrogen-bond acceptors (Lipinski definition) is 1. The molecule has 0 amide bonds. The molecule has 0 saturated heterocycles. The molecule has 82 valence electrons. The fraction of sp³-hybridized carbons (Fsp3) is 0.500. The smallest absolute Gasteiger partial charge is 0.0438 e. The zero-order valence-corrected chi connectivity index (χ0v) is 10.2. The van der Waals surface area contributed by atoms with Crippen LogP contribution in [0.5, 0.6) is 0 Å². The maximum atomic E-state index is 4.41. The van der Waals surface area contributed by atoms with Crippen molar-refractivity contribution in [3.8, 4) is 0 Å². The molecule has 0 saturated carbocycles. The van der Waals surface area contributed by atoms with Crippen LogP contribution in [0.15, 0.2) is 18.3 Å². The van der Waals surface area contributed by atoms with E-state index in [1.165, 1.54) is 16.8 Å². The van der Waals surface area contributed by atoms with E-state index in [2.05, 4.69) is 37.0 Å². The fourth-order valence-corrected chi connectivity index (χ4v) is 1.91. The Labute approximate surface area is 93.2 Å². The molecular weight excluding hydrogens is 182 g/mol. The maximum absolute atomic E-state index is 4.41. The van der Waals surface area contributed by atoms with Crippen LogP contribution in [0.3, 0.4) is 0 Å². The van der Waals surface area contributed by atoms with E-state index in [1.54, 1.807) is 0 Å². The molecule has 1 heterocycles. The first kappa shape index (κ1) is 12.0. The average Bonchev–Trinajstić information content (AvgIpc) is 2.31. The fourth-order valence-electron chi connectivity index (χ4n) is 1.91. The maximum Gasteiger partial charge on any atom is 0.0438 e. The van der Waals surface area contributed by atoms with Gasteiger partial charge in [-0.15, -0.1) is 0 Å². The molecule has 0 radical (unpaired) electrons. The Morgan fingerprint density at radius 2 is 2.13 bits per heavy atom. The van der Waals surface area contributed by atoms with Crippen LogP contribution in [0.25, 0.3) is 6.08 Å². The monoisotopic (exact) mass is 203 g/mol. The minimum Gasteiger partial charge on any atom is -0.261 e. The van der Waals surface area contributed by atoms with Gasteiger partial charge in [-0.25, -0.2) is 0 Å². The molecule has 1 heteroatoms. The highest BCUT2D eigenvalue weighted by atomic mass is 14.7. The van der Waals surface area contributed by atoms with Gasteiger partial charge in [0.2, 0.25) is 0 Å². The first-order valence-electron chi connectivity index (χ1n) is 5.96. The third-order valence-corrected chi connectivity index (χ3v) is 2.65. The minimum atomic E-state index is 0.669. The highest BCUT2D eigenvalue weighted by molar-refractivity contribution is 5.57. The summed E-state index contributed by atoms with van der Waals surface area (Å²) >= 11 is 0. The van der Waals surface area contributed by atoms with Gasteiger partial charge in [0, 0.05) is 11.9 Å². The highest BCUT2D eigenvalue weighted by Crippen LogP contribution is 2.24. The van der Waals surface area contributed by atoms with Crippen molar-refractivity contribution in [2.45, 2.75) is 40.5 Å². The van der Waals surface area contributed by atoms with Crippen molar-refractivity contribution in [1.29, 1.82) is 0 Å². The lowest BCUT2D eigenvalue weighted by Gasteiger charge is -2.17. The molecule has 15 heavy (non-hydrogen) atoms. The number of nitrogens with zero attached hydrogens (tertiary/aromatic N) is 1. The molecule has 2 rings (SSSR count). The molecule has 1 unspecified atom stereocenters. The van der Waals surface area contributed by atoms with Gasteiger partial charge in [-0.05, 0) is 36.0 Å². The topological polar surface area (TPSA) is 12.9 Å². The Kier molecular flexibility index (Phi) is 4.54. The van der Waals surface area contributed by atoms with Gasteiger partial charge in [-0.3, -0.25) is 4.98 Å². The standard InChI is InChI=1S/C12H15N.C2H6/c1-3-12-11-8-9(2)4-5-10(11)6-7-13-12;1-2/h4-7,9H,3,8H2,1-2H3;1-2H3. The lowest BCUT2D eigenvalue weighted by atomic mass is 9.89. The van der Waals surface area contributed by atoms with Crippen molar-refractivity contribution >= 4 is 6.08 Å². The third kappa shape index (κ3) is 2.68. The van der Waals surface area contributed by atoms with Crippen molar-refractivity contribution < 1.29 is 0 Å². The second-order valence-electron chi connectivity index (χ2n) is 3.72. The molecule has 0 bridgehead atoms. The van der Waals surface area contributed by atoms with Gasteiger partial charge in [-0.2, -0.15) is 0 Å². The number of hydrogen-bond donors (Lipinski definition) is 0. The Hall–Kier alpha value is -1.11. The Bertz CT molecular complexity index is 339. The van der Waals surface area contributed by atoms with Crippen molar-refractivity contribution in [1.82, 2.24) is 4.98 Å². The molecule has 1 aromatic heterocycles. The van der Waals surface area contributed by atoms with Gasteiger partial charge in [-0.1, -0.05) is 39.8 Å². The Morgan fingerprint density at radius 3 is 2.80 bits per heavy atom. The summed E-state index contributed by atoms with van der Waals surface area (Å²) in [6.07, 6.45) is 8.62. The van der Waals surface area contributed by atoms with E-state index in [-0.39, 0.29) is 0 Å². The molecule has 0 aliphatic heterocycles. The van der Waals surface area contributed by atoms with Crippen LogP contribution in [-0.4, -0.2) is 4.98 Å². The van der Waals surface area contributed by atoms with Crippen molar-refractivity contribution in [3.63, 3.8) is 0 Å². The SMILES string of the molecule is CC.CCc1nccc2c1CC(C)C=C2. The zero-order chi connectivity index (χ0) is 11.3. The Morgan fingerprint density at radius 1 is 1.40 bits per heavy atom. The van der Waals surface area contributed by atoms with E-state index >= 15 is 0 Å². The van der Waals surface area contributed by atoms with Gasteiger partial charge in [0.05, 0.1) is 0 Å². The van der Waals surface area contributed by atoms with Crippen LogP contribution in [0.2, 0.25) is 0 Å². The van der Waals surface area contributed by atoms with E-state index in [0.29, 0.717) is 5.92 Å². The molecule has 1 aromatic rings. The first-order chi connectivity index (χ1) is 7.31. The van der Waals surface area contributed by atoms with Crippen LogP contribution in [0, 0.1) is 5.92 Å². The summed E-state index contributed by atoms with van der Waals surface area (Å²) < 4.78 is 0. The summed E-state index contributed by atoms with van der Waals surface area (Å²) in [7, 11) is 0. The summed E-state index contributed by atoms with van der Waals surface area (Å²) in [6, 6.07) is 2.11. The van der Waals surface area contributed by atoms with Gasteiger partial charge in [0.25, 0.3) is 0 Å². The third-order valence-electron chi connectivity index (χ3n) is 2.65. The lowest BCUT2D eigenvalue weighted by molar-refractivity contribution is 0.704. The van der Waals surface area contributed by atoms with Gasteiger partial charge < -0.3 is 0 Å². The van der Waals surface area contributed by atoms with Crippen LogP contribution in [0.1, 0.15) is 44.5 Å². The van der Waals surface area contributed by atoms with E-state index in [0.717, 1.165) is 12.8 Å². The van der Waals surface area contributed by atoms with Gasteiger partial charge >= 0.3 is 0 Å². The number of rotatable bonds is 1. The molecule has 0 aromatic carbocycles. The van der Waals surface area contributed by atoms with Crippen molar-refractivity contribution in [2.75, 3.05) is 0 Å². The molecule has 1 nitrogen and oxygen atoms in total. The summed E-state index contributed by atoms with van der Waals surface area (Å²) in [6.45, 7) is 8.43. The quantitative estimate of drug-likeness (QED) is 0.675. The minimum absolute atomic E-state index is 0.669. The molecular formula is C14H21N. The average molecular weight is 203 g/mol. The second-order valence-corrected chi connectivity index (χ2v) is 3.72. The van der Waals surface area contributed by atoms with Crippen LogP contribution >= 0.6 is 0 Å².